The number of hydrogen-bond donors (Lipinski definition) is 0. The van der Waals surface area contributed by atoms with Crippen LogP contribution < -0.4 is 4.74 Å². The standard InChI is InChI=1S/C12H14N2O4/c1-3-18-12(16)7-4-5-8-10(11(7)15)13-6-9(14-8)17-2/h6-7H,3-5H2,1-2H3. The predicted octanol–water partition coefficient (Wildman–Crippen LogP) is 0.793. The normalized spacial score (nSPS) is 18.1. The van der Waals surface area contributed by atoms with Gasteiger partial charge in [-0.15, -0.1) is 0 Å². The first-order chi connectivity index (χ1) is 8.67. The van der Waals surface area contributed by atoms with Gasteiger partial charge in [0.1, 0.15) is 11.6 Å². The molecule has 1 aromatic heterocycles. The van der Waals surface area contributed by atoms with Gasteiger partial charge in [-0.25, -0.2) is 9.97 Å². The number of ketones is 1. The third-order valence-corrected chi connectivity index (χ3v) is 2.82. The summed E-state index contributed by atoms with van der Waals surface area (Å²) in [5.41, 5.74) is 0.833. The Bertz CT molecular complexity index is 487. The van der Waals surface area contributed by atoms with Crippen molar-refractivity contribution in [2.24, 2.45) is 5.92 Å². The lowest BCUT2D eigenvalue weighted by Crippen LogP contribution is -2.32. The Balaban J connectivity index is 2.26. The highest BCUT2D eigenvalue weighted by Crippen LogP contribution is 2.25. The third-order valence-electron chi connectivity index (χ3n) is 2.82. The highest BCUT2D eigenvalue weighted by Gasteiger charge is 2.35. The van der Waals surface area contributed by atoms with E-state index in [2.05, 4.69) is 9.97 Å². The van der Waals surface area contributed by atoms with E-state index >= 15 is 0 Å². The zero-order valence-corrected chi connectivity index (χ0v) is 10.3. The van der Waals surface area contributed by atoms with Crippen LogP contribution in [0.15, 0.2) is 6.20 Å². The molecule has 6 heteroatoms. The molecule has 1 aromatic rings. The maximum Gasteiger partial charge on any atom is 0.316 e. The van der Waals surface area contributed by atoms with Crippen molar-refractivity contribution in [1.82, 2.24) is 9.97 Å². The van der Waals surface area contributed by atoms with Crippen molar-refractivity contribution in [2.45, 2.75) is 19.8 Å². The number of carbonyl (C=O) groups is 2. The molecule has 0 saturated heterocycles. The van der Waals surface area contributed by atoms with Crippen molar-refractivity contribution in [2.75, 3.05) is 13.7 Å². The molecule has 1 aliphatic carbocycles. The van der Waals surface area contributed by atoms with Crippen molar-refractivity contribution in [1.29, 1.82) is 0 Å². The fraction of sp³-hybridized carbons (Fsp3) is 0.500. The van der Waals surface area contributed by atoms with E-state index in [1.165, 1.54) is 13.3 Å². The number of ether oxygens (including phenoxy) is 2. The van der Waals surface area contributed by atoms with Gasteiger partial charge in [-0.2, -0.15) is 0 Å². The maximum atomic E-state index is 12.1. The molecule has 2 rings (SSSR count). The molecule has 0 fully saturated rings. The van der Waals surface area contributed by atoms with E-state index in [-0.39, 0.29) is 18.1 Å². The monoisotopic (exact) mass is 250 g/mol. The van der Waals surface area contributed by atoms with Crippen LogP contribution in [-0.4, -0.2) is 35.4 Å². The summed E-state index contributed by atoms with van der Waals surface area (Å²) in [6.45, 7) is 1.98. The summed E-state index contributed by atoms with van der Waals surface area (Å²) >= 11 is 0. The summed E-state index contributed by atoms with van der Waals surface area (Å²) in [4.78, 5) is 31.9. The van der Waals surface area contributed by atoms with Gasteiger partial charge in [-0.05, 0) is 19.8 Å². The topological polar surface area (TPSA) is 78.4 Å². The molecule has 0 amide bonds. The van der Waals surface area contributed by atoms with Gasteiger partial charge in [0.25, 0.3) is 0 Å². The highest BCUT2D eigenvalue weighted by molar-refractivity contribution is 6.08. The number of Topliss-reactive ketones (excluding diaryl/α,β-unsaturated/α-hetero) is 1. The molecule has 1 aliphatic rings. The minimum Gasteiger partial charge on any atom is -0.480 e. The minimum absolute atomic E-state index is 0.250. The summed E-state index contributed by atoms with van der Waals surface area (Å²) in [7, 11) is 1.49. The van der Waals surface area contributed by atoms with E-state index in [0.717, 1.165) is 0 Å². The van der Waals surface area contributed by atoms with Crippen molar-refractivity contribution in [3.8, 4) is 5.88 Å². The molecule has 96 valence electrons. The molecule has 6 nitrogen and oxygen atoms in total. The van der Waals surface area contributed by atoms with Gasteiger partial charge >= 0.3 is 5.97 Å². The van der Waals surface area contributed by atoms with Crippen LogP contribution in [0, 0.1) is 5.92 Å². The first-order valence-electron chi connectivity index (χ1n) is 5.78. The Kier molecular flexibility index (Phi) is 3.55. The Morgan fingerprint density at radius 1 is 1.56 bits per heavy atom. The molecule has 0 aromatic carbocycles. The van der Waals surface area contributed by atoms with Crippen LogP contribution in [0.25, 0.3) is 0 Å². The maximum absolute atomic E-state index is 12.1. The average molecular weight is 250 g/mol. The van der Waals surface area contributed by atoms with Crippen molar-refractivity contribution in [3.05, 3.63) is 17.6 Å². The van der Waals surface area contributed by atoms with Crippen LogP contribution in [0.5, 0.6) is 5.88 Å². The lowest BCUT2D eigenvalue weighted by atomic mass is 9.88. The van der Waals surface area contributed by atoms with Gasteiger partial charge in [0.05, 0.1) is 25.6 Å². The van der Waals surface area contributed by atoms with Crippen molar-refractivity contribution < 1.29 is 19.1 Å². The van der Waals surface area contributed by atoms with Crippen molar-refractivity contribution in [3.63, 3.8) is 0 Å². The van der Waals surface area contributed by atoms with Gasteiger partial charge in [-0.3, -0.25) is 9.59 Å². The van der Waals surface area contributed by atoms with Crippen LogP contribution in [-0.2, 0) is 16.0 Å². The second kappa shape index (κ2) is 5.12. The number of esters is 1. The fourth-order valence-corrected chi connectivity index (χ4v) is 1.93. The number of fused-ring (bicyclic) bond motifs is 1. The number of carbonyl (C=O) groups excluding carboxylic acids is 2. The molecule has 18 heavy (non-hydrogen) atoms. The lowest BCUT2D eigenvalue weighted by Gasteiger charge is -2.20. The molecule has 0 spiro atoms. The fourth-order valence-electron chi connectivity index (χ4n) is 1.93. The molecule has 0 saturated carbocycles. The summed E-state index contributed by atoms with van der Waals surface area (Å²) in [6.07, 6.45) is 2.31. The Morgan fingerprint density at radius 3 is 3.00 bits per heavy atom. The zero-order chi connectivity index (χ0) is 13.1. The summed E-state index contributed by atoms with van der Waals surface area (Å²) in [6, 6.07) is 0. The van der Waals surface area contributed by atoms with Gasteiger partial charge in [0.15, 0.2) is 5.78 Å². The third kappa shape index (κ3) is 2.18. The van der Waals surface area contributed by atoms with Crippen LogP contribution in [0.3, 0.4) is 0 Å². The van der Waals surface area contributed by atoms with Crippen molar-refractivity contribution >= 4 is 11.8 Å². The number of nitrogens with zero attached hydrogens (tertiary/aromatic N) is 2. The lowest BCUT2D eigenvalue weighted by molar-refractivity contribution is -0.146. The van der Waals surface area contributed by atoms with Crippen LogP contribution >= 0.6 is 0 Å². The average Bonchev–Trinajstić information content (AvgIpc) is 2.38. The molecular formula is C12H14N2O4. The number of methoxy groups -OCH3 is 1. The number of aryl methyl sites for hydroxylation is 1. The van der Waals surface area contributed by atoms with Crippen LogP contribution in [0.4, 0.5) is 0 Å². The second-order valence-corrected chi connectivity index (χ2v) is 3.92. The van der Waals surface area contributed by atoms with E-state index in [9.17, 15) is 9.59 Å². The SMILES string of the molecule is CCOC(=O)C1CCc2nc(OC)cnc2C1=O. The molecule has 0 aliphatic heterocycles. The second-order valence-electron chi connectivity index (χ2n) is 3.92. The Hall–Kier alpha value is -1.98. The minimum atomic E-state index is -0.750. The van der Waals surface area contributed by atoms with Gasteiger partial charge in [0.2, 0.25) is 5.88 Å². The Labute approximate surface area is 104 Å². The van der Waals surface area contributed by atoms with E-state index in [1.807, 2.05) is 0 Å². The van der Waals surface area contributed by atoms with E-state index in [4.69, 9.17) is 9.47 Å². The molecule has 0 bridgehead atoms. The van der Waals surface area contributed by atoms with E-state index in [0.29, 0.717) is 24.4 Å². The molecule has 1 unspecified atom stereocenters. The largest absolute Gasteiger partial charge is 0.480 e. The van der Waals surface area contributed by atoms with Gasteiger partial charge < -0.3 is 9.47 Å². The number of hydrogen-bond acceptors (Lipinski definition) is 6. The quantitative estimate of drug-likeness (QED) is 0.583. The zero-order valence-electron chi connectivity index (χ0n) is 10.3. The van der Waals surface area contributed by atoms with Gasteiger partial charge in [-0.1, -0.05) is 0 Å². The van der Waals surface area contributed by atoms with Crippen LogP contribution in [0.2, 0.25) is 0 Å². The molecule has 1 atom stereocenters. The number of aromatic nitrogens is 2. The molecular weight excluding hydrogens is 236 g/mol. The summed E-state index contributed by atoms with van der Waals surface area (Å²) in [5, 5.41) is 0. The molecule has 0 N–H and O–H groups in total. The first kappa shape index (κ1) is 12.5. The molecule has 1 heterocycles. The summed E-state index contributed by atoms with van der Waals surface area (Å²) in [5.74, 6) is -1.17. The Morgan fingerprint density at radius 2 is 2.33 bits per heavy atom. The van der Waals surface area contributed by atoms with Gasteiger partial charge in [0, 0.05) is 0 Å². The van der Waals surface area contributed by atoms with E-state index < -0.39 is 11.9 Å². The van der Waals surface area contributed by atoms with Crippen LogP contribution in [0.1, 0.15) is 29.5 Å². The summed E-state index contributed by atoms with van der Waals surface area (Å²) < 4.78 is 9.83. The molecule has 0 radical (unpaired) electrons. The van der Waals surface area contributed by atoms with E-state index in [1.54, 1.807) is 6.92 Å². The first-order valence-corrected chi connectivity index (χ1v) is 5.78. The number of rotatable bonds is 3. The predicted molar refractivity (Wildman–Crippen MR) is 61.4 cm³/mol. The smallest absolute Gasteiger partial charge is 0.316 e. The highest BCUT2D eigenvalue weighted by atomic mass is 16.5.